The van der Waals surface area contributed by atoms with Crippen molar-refractivity contribution in [2.45, 2.75) is 124 Å². The van der Waals surface area contributed by atoms with E-state index in [1.807, 2.05) is 26.8 Å². The van der Waals surface area contributed by atoms with Gasteiger partial charge in [0.1, 0.15) is 12.9 Å². The second-order valence-electron chi connectivity index (χ2n) is 16.1. The first-order valence-corrected chi connectivity index (χ1v) is 17.8. The minimum Gasteiger partial charge on any atom is -0.462 e. The number of fused-ring (bicyclic) bond motifs is 2. The summed E-state index contributed by atoms with van der Waals surface area (Å²) in [7, 11) is 1.72. The van der Waals surface area contributed by atoms with Gasteiger partial charge in [-0.15, -0.1) is 6.58 Å². The number of carbonyl (C=O) groups excluding carboxylic acids is 2. The van der Waals surface area contributed by atoms with E-state index in [1.54, 1.807) is 40.0 Å². The first kappa shape index (κ1) is 39.6. The minimum atomic E-state index is -1.19. The number of carbonyl (C=O) groups is 2. The summed E-state index contributed by atoms with van der Waals surface area (Å²) < 4.78 is 11.4. The molecule has 8 heteroatoms. The molecule has 0 bridgehead atoms. The summed E-state index contributed by atoms with van der Waals surface area (Å²) >= 11 is 0. The largest absolute Gasteiger partial charge is 0.462 e. The van der Waals surface area contributed by atoms with Gasteiger partial charge >= 0.3 is 5.97 Å². The predicted octanol–water partition coefficient (Wildman–Crippen LogP) is 5.81. The summed E-state index contributed by atoms with van der Waals surface area (Å²) in [4.78, 5) is 22.3. The van der Waals surface area contributed by atoms with Gasteiger partial charge in [-0.1, -0.05) is 39.0 Å². The molecular formula is C39H64O8. The van der Waals surface area contributed by atoms with E-state index in [4.69, 9.17) is 9.47 Å². The lowest BCUT2D eigenvalue weighted by Gasteiger charge is -2.62. The fourth-order valence-electron chi connectivity index (χ4n) is 10.0. The molecule has 0 heterocycles. The topological polar surface area (TPSA) is 134 Å². The van der Waals surface area contributed by atoms with Gasteiger partial charge in [0.2, 0.25) is 0 Å². The maximum atomic E-state index is 12.6. The Balaban J connectivity index is 0.000000913. The van der Waals surface area contributed by atoms with Crippen molar-refractivity contribution in [2.75, 3.05) is 20.3 Å². The first-order valence-electron chi connectivity index (χ1n) is 17.8. The Kier molecular flexibility index (Phi) is 13.7. The maximum Gasteiger partial charge on any atom is 0.333 e. The van der Waals surface area contributed by atoms with Crippen LogP contribution in [-0.2, 0) is 19.1 Å². The monoisotopic (exact) mass is 660 g/mol. The summed E-state index contributed by atoms with van der Waals surface area (Å²) in [6, 6.07) is 0. The SMILES string of the molecule is C/C=C(\C)C=O.C=CCC1C(C2CC3CC(C)(C)C(O)[C@H](O)C3(COC(=O)/C(C)=C/C)[C@H](O)C2)CCC2C1CCC(O)[C@]2(C)COC. The second kappa shape index (κ2) is 16.2. The van der Waals surface area contributed by atoms with Gasteiger partial charge in [-0.2, -0.15) is 0 Å². The molecule has 8 nitrogen and oxygen atoms in total. The smallest absolute Gasteiger partial charge is 0.333 e. The van der Waals surface area contributed by atoms with Crippen LogP contribution >= 0.6 is 0 Å². The zero-order valence-corrected chi connectivity index (χ0v) is 30.3. The normalized spacial score (nSPS) is 41.8. The standard InChI is InChI=1S/C34H56O7.C5H8O/c1-8-10-24-23(11-13-26-25(24)12-14-27(35)33(26,6)18-40-7)21-15-22-17-32(4,5)29(37)30(38)34(22,28(36)16-21)19-41-31(39)20(3)9-2;1-3-5(2)4-6/h8-9,21-30,35-38H,1,10-19H2,2-7H3;3-4H,1-2H3/b20-9+;5-3+/t21?,22?,23?,24?,25?,26?,27?,28-,29?,30+,33-,34?;/m1./s1. The molecule has 0 amide bonds. The van der Waals surface area contributed by atoms with E-state index in [0.29, 0.717) is 48.7 Å². The average molecular weight is 661 g/mol. The molecule has 4 N–H and O–H groups in total. The Labute approximate surface area is 283 Å². The summed E-state index contributed by atoms with van der Waals surface area (Å²) in [6.07, 6.45) is 9.52. The fourth-order valence-corrected chi connectivity index (χ4v) is 10.0. The number of aliphatic hydroxyl groups excluding tert-OH is 4. The Hall–Kier alpha value is -1.84. The number of ether oxygens (including phenoxy) is 2. The highest BCUT2D eigenvalue weighted by molar-refractivity contribution is 5.87. The Morgan fingerprint density at radius 3 is 2.11 bits per heavy atom. The van der Waals surface area contributed by atoms with Crippen LogP contribution in [0.25, 0.3) is 0 Å². The van der Waals surface area contributed by atoms with Gasteiger partial charge in [-0.05, 0) is 126 Å². The van der Waals surface area contributed by atoms with E-state index in [2.05, 4.69) is 13.5 Å². The first-order chi connectivity index (χ1) is 22.1. The number of allylic oxidation sites excluding steroid dienone is 4. The zero-order chi connectivity index (χ0) is 35.3. The number of methoxy groups -OCH3 is 1. The van der Waals surface area contributed by atoms with Crippen molar-refractivity contribution in [2.24, 2.45) is 51.8 Å². The Morgan fingerprint density at radius 1 is 0.894 bits per heavy atom. The molecular weight excluding hydrogens is 596 g/mol. The molecule has 268 valence electrons. The lowest BCUT2D eigenvalue weighted by molar-refractivity contribution is -0.250. The van der Waals surface area contributed by atoms with Gasteiger partial charge in [0, 0.05) is 18.1 Å². The average Bonchev–Trinajstić information content (AvgIpc) is 3.04. The molecule has 12 atom stereocenters. The van der Waals surface area contributed by atoms with E-state index in [9.17, 15) is 30.0 Å². The summed E-state index contributed by atoms with van der Waals surface area (Å²) in [5.41, 5.74) is -0.639. The summed E-state index contributed by atoms with van der Waals surface area (Å²) in [5, 5.41) is 45.7. The van der Waals surface area contributed by atoms with Gasteiger partial charge in [-0.3, -0.25) is 4.79 Å². The number of rotatable bonds is 9. The van der Waals surface area contributed by atoms with Crippen molar-refractivity contribution in [1.29, 1.82) is 0 Å². The highest BCUT2D eigenvalue weighted by Crippen LogP contribution is 2.62. The van der Waals surface area contributed by atoms with E-state index in [1.165, 1.54) is 0 Å². The molecule has 0 aromatic rings. The molecule has 4 aliphatic rings. The Bertz CT molecular complexity index is 1140. The number of hydrogen-bond acceptors (Lipinski definition) is 8. The van der Waals surface area contributed by atoms with Crippen molar-refractivity contribution in [3.8, 4) is 0 Å². The number of aliphatic hydroxyl groups is 4. The minimum absolute atomic E-state index is 0.0996. The predicted molar refractivity (Wildman–Crippen MR) is 184 cm³/mol. The third-order valence-electron chi connectivity index (χ3n) is 13.1. The highest BCUT2D eigenvalue weighted by Gasteiger charge is 2.64. The van der Waals surface area contributed by atoms with Gasteiger partial charge in [0.25, 0.3) is 0 Å². The molecule has 4 fully saturated rings. The number of esters is 1. The summed E-state index contributed by atoms with van der Waals surface area (Å²) in [5.74, 6) is 1.33. The molecule has 0 spiro atoms. The van der Waals surface area contributed by atoms with Crippen LogP contribution < -0.4 is 0 Å². The molecule has 9 unspecified atom stereocenters. The second-order valence-corrected chi connectivity index (χ2v) is 16.1. The van der Waals surface area contributed by atoms with Crippen LogP contribution in [-0.4, -0.2) is 77.4 Å². The lowest BCUT2D eigenvalue weighted by atomic mass is 9.46. The van der Waals surface area contributed by atoms with Crippen LogP contribution in [0.3, 0.4) is 0 Å². The van der Waals surface area contributed by atoms with E-state index < -0.39 is 35.1 Å². The van der Waals surface area contributed by atoms with Crippen LogP contribution in [0.4, 0.5) is 0 Å². The molecule has 4 rings (SSSR count). The van der Waals surface area contributed by atoms with Crippen molar-refractivity contribution in [1.82, 2.24) is 0 Å². The van der Waals surface area contributed by atoms with E-state index >= 15 is 0 Å². The quantitative estimate of drug-likeness (QED) is 0.105. The molecule has 0 saturated heterocycles. The molecule has 0 aromatic heterocycles. The summed E-state index contributed by atoms with van der Waals surface area (Å²) in [6.45, 7) is 17.8. The molecule has 47 heavy (non-hydrogen) atoms. The lowest BCUT2D eigenvalue weighted by Crippen LogP contribution is -2.67. The van der Waals surface area contributed by atoms with Crippen LogP contribution in [0.1, 0.15) is 99.8 Å². The van der Waals surface area contributed by atoms with Crippen LogP contribution in [0.2, 0.25) is 0 Å². The molecule has 4 saturated carbocycles. The molecule has 0 radical (unpaired) electrons. The van der Waals surface area contributed by atoms with E-state index in [0.717, 1.165) is 50.4 Å². The van der Waals surface area contributed by atoms with Crippen LogP contribution in [0, 0.1) is 51.8 Å². The highest BCUT2D eigenvalue weighted by atomic mass is 16.5. The van der Waals surface area contributed by atoms with Crippen molar-refractivity contribution < 1.29 is 39.5 Å². The number of hydrogen-bond donors (Lipinski definition) is 4. The number of aldehydes is 1. The fraction of sp³-hybridized carbons (Fsp3) is 0.795. The van der Waals surface area contributed by atoms with Gasteiger partial charge < -0.3 is 29.9 Å². The third kappa shape index (κ3) is 7.82. The Morgan fingerprint density at radius 2 is 1.55 bits per heavy atom. The maximum absolute atomic E-state index is 12.6. The van der Waals surface area contributed by atoms with Crippen LogP contribution in [0.5, 0.6) is 0 Å². The van der Waals surface area contributed by atoms with Crippen molar-refractivity contribution in [3.63, 3.8) is 0 Å². The third-order valence-corrected chi connectivity index (χ3v) is 13.1. The van der Waals surface area contributed by atoms with Crippen molar-refractivity contribution in [3.05, 3.63) is 36.0 Å². The zero-order valence-electron chi connectivity index (χ0n) is 30.3. The van der Waals surface area contributed by atoms with Gasteiger partial charge in [0.15, 0.2) is 0 Å². The van der Waals surface area contributed by atoms with Gasteiger partial charge in [0.05, 0.1) is 36.4 Å². The molecule has 0 aliphatic heterocycles. The van der Waals surface area contributed by atoms with Crippen LogP contribution in [0.15, 0.2) is 36.0 Å². The van der Waals surface area contributed by atoms with Gasteiger partial charge in [-0.25, -0.2) is 4.79 Å². The van der Waals surface area contributed by atoms with Crippen molar-refractivity contribution >= 4 is 12.3 Å². The van der Waals surface area contributed by atoms with E-state index in [-0.39, 0.29) is 30.0 Å². The molecule has 0 aromatic carbocycles. The molecule has 4 aliphatic carbocycles.